The van der Waals surface area contributed by atoms with E-state index in [1.165, 1.54) is 0 Å². The molecule has 0 atom stereocenters. The molecule has 1 aromatic heterocycles. The van der Waals surface area contributed by atoms with Gasteiger partial charge in [-0.1, -0.05) is 17.7 Å². The standard InChI is InChI=1S/C11H12ClN3S/c1-13-11-9-5-7(16-14-2)3-4-8(9)10(12)6-15-11/h3-6,14H,1-2H3,(H,13,15). The van der Waals surface area contributed by atoms with E-state index < -0.39 is 0 Å². The number of nitrogens with one attached hydrogen (secondary N) is 2. The third kappa shape index (κ3) is 2.09. The fourth-order valence-corrected chi connectivity index (χ4v) is 2.33. The van der Waals surface area contributed by atoms with Crippen molar-refractivity contribution in [2.75, 3.05) is 19.4 Å². The van der Waals surface area contributed by atoms with Crippen molar-refractivity contribution < 1.29 is 0 Å². The van der Waals surface area contributed by atoms with Crippen LogP contribution in [0.2, 0.25) is 5.02 Å². The normalized spacial score (nSPS) is 10.7. The molecule has 0 amide bonds. The van der Waals surface area contributed by atoms with E-state index in [2.05, 4.69) is 21.1 Å². The van der Waals surface area contributed by atoms with E-state index in [-0.39, 0.29) is 0 Å². The molecule has 0 aliphatic rings. The fraction of sp³-hybridized carbons (Fsp3) is 0.182. The first-order chi connectivity index (χ1) is 7.76. The SMILES string of the molecule is CNSc1ccc2c(Cl)cnc(NC)c2c1. The summed E-state index contributed by atoms with van der Waals surface area (Å²) in [5.41, 5.74) is 0. The maximum absolute atomic E-state index is 6.10. The summed E-state index contributed by atoms with van der Waals surface area (Å²) in [6.45, 7) is 0. The van der Waals surface area contributed by atoms with Crippen LogP contribution in [0.25, 0.3) is 10.8 Å². The van der Waals surface area contributed by atoms with Crippen molar-refractivity contribution >= 4 is 40.1 Å². The number of nitrogens with zero attached hydrogens (tertiary/aromatic N) is 1. The maximum atomic E-state index is 6.10. The monoisotopic (exact) mass is 253 g/mol. The lowest BCUT2D eigenvalue weighted by Gasteiger charge is -2.08. The molecule has 16 heavy (non-hydrogen) atoms. The first kappa shape index (κ1) is 11.5. The Morgan fingerprint density at radius 1 is 1.25 bits per heavy atom. The summed E-state index contributed by atoms with van der Waals surface area (Å²) >= 11 is 7.67. The number of anilines is 1. The zero-order valence-corrected chi connectivity index (χ0v) is 10.6. The Labute approximate surface area is 104 Å². The van der Waals surface area contributed by atoms with E-state index in [1.807, 2.05) is 26.2 Å². The molecule has 0 unspecified atom stereocenters. The number of hydrogen-bond acceptors (Lipinski definition) is 4. The molecule has 5 heteroatoms. The molecule has 1 heterocycles. The number of fused-ring (bicyclic) bond motifs is 1. The highest BCUT2D eigenvalue weighted by Gasteiger charge is 2.06. The van der Waals surface area contributed by atoms with Crippen molar-refractivity contribution in [1.82, 2.24) is 9.71 Å². The molecule has 0 radical (unpaired) electrons. The molecule has 0 spiro atoms. The molecule has 0 saturated carbocycles. The Balaban J connectivity index is 2.64. The number of halogens is 1. The molecule has 2 N–H and O–H groups in total. The second-order valence-electron chi connectivity index (χ2n) is 3.22. The Bertz CT molecular complexity index is 516. The van der Waals surface area contributed by atoms with Crippen LogP contribution < -0.4 is 10.0 Å². The highest BCUT2D eigenvalue weighted by atomic mass is 35.5. The minimum absolute atomic E-state index is 0.676. The molecule has 2 aromatic rings. The number of rotatable bonds is 3. The summed E-state index contributed by atoms with van der Waals surface area (Å²) < 4.78 is 3.04. The summed E-state index contributed by atoms with van der Waals surface area (Å²) in [4.78, 5) is 5.39. The molecule has 84 valence electrons. The third-order valence-electron chi connectivity index (χ3n) is 2.27. The van der Waals surface area contributed by atoms with Crippen molar-refractivity contribution in [2.45, 2.75) is 4.90 Å². The molecule has 1 aromatic carbocycles. The number of pyridine rings is 1. The predicted molar refractivity (Wildman–Crippen MR) is 71.2 cm³/mol. The highest BCUT2D eigenvalue weighted by Crippen LogP contribution is 2.30. The van der Waals surface area contributed by atoms with Gasteiger partial charge in [0.05, 0.1) is 5.02 Å². The lowest BCUT2D eigenvalue weighted by atomic mass is 10.1. The van der Waals surface area contributed by atoms with E-state index in [1.54, 1.807) is 18.1 Å². The van der Waals surface area contributed by atoms with Gasteiger partial charge in [-0.25, -0.2) is 4.98 Å². The average Bonchev–Trinajstić information content (AvgIpc) is 2.30. The zero-order chi connectivity index (χ0) is 11.5. The van der Waals surface area contributed by atoms with Crippen LogP contribution >= 0.6 is 23.5 Å². The number of benzene rings is 1. The summed E-state index contributed by atoms with van der Waals surface area (Å²) in [5.74, 6) is 0.845. The van der Waals surface area contributed by atoms with Gasteiger partial charge in [-0.2, -0.15) is 0 Å². The smallest absolute Gasteiger partial charge is 0.133 e. The molecule has 0 fully saturated rings. The Morgan fingerprint density at radius 3 is 2.75 bits per heavy atom. The van der Waals surface area contributed by atoms with E-state index in [4.69, 9.17) is 11.6 Å². The van der Waals surface area contributed by atoms with Crippen LogP contribution in [0.4, 0.5) is 5.82 Å². The van der Waals surface area contributed by atoms with E-state index in [0.29, 0.717) is 5.02 Å². The molecule has 0 bridgehead atoms. The molecule has 3 nitrogen and oxygen atoms in total. The lowest BCUT2D eigenvalue weighted by Crippen LogP contribution is -1.95. The minimum atomic E-state index is 0.676. The minimum Gasteiger partial charge on any atom is -0.373 e. The summed E-state index contributed by atoms with van der Waals surface area (Å²) in [6.07, 6.45) is 1.67. The van der Waals surface area contributed by atoms with Gasteiger partial charge in [0.25, 0.3) is 0 Å². The van der Waals surface area contributed by atoms with Gasteiger partial charge in [0.2, 0.25) is 0 Å². The van der Waals surface area contributed by atoms with Gasteiger partial charge < -0.3 is 5.32 Å². The van der Waals surface area contributed by atoms with E-state index >= 15 is 0 Å². The van der Waals surface area contributed by atoms with E-state index in [0.717, 1.165) is 21.5 Å². The van der Waals surface area contributed by atoms with Gasteiger partial charge in [0, 0.05) is 28.9 Å². The predicted octanol–water partition coefficient (Wildman–Crippen LogP) is 3.16. The topological polar surface area (TPSA) is 37.0 Å². The first-order valence-electron chi connectivity index (χ1n) is 4.86. The zero-order valence-electron chi connectivity index (χ0n) is 9.04. The maximum Gasteiger partial charge on any atom is 0.133 e. The second kappa shape index (κ2) is 4.91. The van der Waals surface area contributed by atoms with Crippen LogP contribution in [0.1, 0.15) is 0 Å². The van der Waals surface area contributed by atoms with Gasteiger partial charge >= 0.3 is 0 Å². The summed E-state index contributed by atoms with van der Waals surface area (Å²) in [5, 5.41) is 5.80. The van der Waals surface area contributed by atoms with Crippen molar-refractivity contribution in [2.24, 2.45) is 0 Å². The average molecular weight is 254 g/mol. The Morgan fingerprint density at radius 2 is 2.06 bits per heavy atom. The van der Waals surface area contributed by atoms with Crippen LogP contribution in [0, 0.1) is 0 Å². The van der Waals surface area contributed by atoms with Gasteiger partial charge in [0.15, 0.2) is 0 Å². The third-order valence-corrected chi connectivity index (χ3v) is 3.26. The van der Waals surface area contributed by atoms with Crippen LogP contribution in [0.5, 0.6) is 0 Å². The molecule has 0 saturated heterocycles. The quantitative estimate of drug-likeness (QED) is 0.824. The number of hydrogen-bond donors (Lipinski definition) is 2. The molecular weight excluding hydrogens is 242 g/mol. The molecule has 2 rings (SSSR count). The van der Waals surface area contributed by atoms with Crippen molar-refractivity contribution in [1.29, 1.82) is 0 Å². The van der Waals surface area contributed by atoms with E-state index in [9.17, 15) is 0 Å². The molecule has 0 aliphatic heterocycles. The van der Waals surface area contributed by atoms with Gasteiger partial charge in [-0.15, -0.1) is 0 Å². The Kier molecular flexibility index (Phi) is 3.53. The first-order valence-corrected chi connectivity index (χ1v) is 6.05. The molecule has 0 aliphatic carbocycles. The Hall–Kier alpha value is -0.970. The summed E-state index contributed by atoms with van der Waals surface area (Å²) in [7, 11) is 3.75. The van der Waals surface area contributed by atoms with Gasteiger partial charge in [-0.3, -0.25) is 4.72 Å². The second-order valence-corrected chi connectivity index (χ2v) is 4.71. The fourth-order valence-electron chi connectivity index (χ4n) is 1.57. The van der Waals surface area contributed by atoms with Crippen molar-refractivity contribution in [3.8, 4) is 0 Å². The number of aromatic nitrogens is 1. The van der Waals surface area contributed by atoms with Crippen LogP contribution in [-0.4, -0.2) is 19.1 Å². The molecular formula is C11H12ClN3S. The van der Waals surface area contributed by atoms with Crippen molar-refractivity contribution in [3.63, 3.8) is 0 Å². The summed E-state index contributed by atoms with van der Waals surface area (Å²) in [6, 6.07) is 6.12. The van der Waals surface area contributed by atoms with Crippen LogP contribution in [-0.2, 0) is 0 Å². The van der Waals surface area contributed by atoms with Gasteiger partial charge in [-0.05, 0) is 31.1 Å². The van der Waals surface area contributed by atoms with Crippen LogP contribution in [0.15, 0.2) is 29.3 Å². The highest BCUT2D eigenvalue weighted by molar-refractivity contribution is 7.97. The van der Waals surface area contributed by atoms with Crippen LogP contribution in [0.3, 0.4) is 0 Å². The lowest BCUT2D eigenvalue weighted by molar-refractivity contribution is 1.27. The van der Waals surface area contributed by atoms with Gasteiger partial charge in [0.1, 0.15) is 5.82 Å². The largest absolute Gasteiger partial charge is 0.373 e. The van der Waals surface area contributed by atoms with Crippen molar-refractivity contribution in [3.05, 3.63) is 29.4 Å².